The molecule has 0 spiro atoms. The van der Waals surface area contributed by atoms with Gasteiger partial charge in [0.2, 0.25) is 5.91 Å². The molecule has 1 aromatic carbocycles. The molecule has 0 aliphatic heterocycles. The van der Waals surface area contributed by atoms with Crippen molar-refractivity contribution in [3.63, 3.8) is 0 Å². The number of alkyl halides is 3. The van der Waals surface area contributed by atoms with Crippen molar-refractivity contribution in [3.05, 3.63) is 47.4 Å². The van der Waals surface area contributed by atoms with E-state index < -0.39 is 28.9 Å². The summed E-state index contributed by atoms with van der Waals surface area (Å²) in [5.41, 5.74) is -2.20. The lowest BCUT2D eigenvalue weighted by molar-refractivity contribution is -0.137. The zero-order valence-corrected chi connectivity index (χ0v) is 13.7. The summed E-state index contributed by atoms with van der Waals surface area (Å²) < 4.78 is 53.9. The van der Waals surface area contributed by atoms with Gasteiger partial charge in [-0.15, -0.1) is 0 Å². The molecule has 1 saturated carbocycles. The van der Waals surface area contributed by atoms with E-state index in [9.17, 15) is 22.4 Å². The molecule has 3 rings (SSSR count). The minimum Gasteiger partial charge on any atom is -0.310 e. The quantitative estimate of drug-likeness (QED) is 0.832. The third kappa shape index (κ3) is 3.12. The Labute approximate surface area is 141 Å². The summed E-state index contributed by atoms with van der Waals surface area (Å²) in [6.07, 6.45) is -2.32. The number of rotatable bonds is 4. The molecule has 0 radical (unpaired) electrons. The largest absolute Gasteiger partial charge is 0.416 e. The van der Waals surface area contributed by atoms with E-state index in [1.54, 1.807) is 10.7 Å². The van der Waals surface area contributed by atoms with E-state index in [0.717, 1.165) is 12.1 Å². The number of benzene rings is 1. The highest BCUT2D eigenvalue weighted by Gasteiger charge is 2.53. The minimum atomic E-state index is -4.62. The van der Waals surface area contributed by atoms with E-state index in [1.165, 1.54) is 6.20 Å². The first-order valence-corrected chi connectivity index (χ1v) is 7.87. The monoisotopic (exact) mass is 355 g/mol. The Balaban J connectivity index is 1.87. The van der Waals surface area contributed by atoms with Crippen LogP contribution in [0.4, 0.5) is 23.4 Å². The van der Waals surface area contributed by atoms with Gasteiger partial charge in [-0.2, -0.15) is 18.3 Å². The predicted octanol–water partition coefficient (Wildman–Crippen LogP) is 4.29. The standard InChI is InChI=1S/C17H17F4N3O/c1-10(2)24-14(5-8-22-24)23-15(25)16(6-7-16)12-4-3-11(9-13(12)18)17(19,20)21/h3-5,8-10H,6-7H2,1-2H3,(H,23,25). The van der Waals surface area contributed by atoms with E-state index in [-0.39, 0.29) is 11.6 Å². The summed E-state index contributed by atoms with van der Waals surface area (Å²) >= 11 is 0. The molecule has 1 aromatic heterocycles. The predicted molar refractivity (Wildman–Crippen MR) is 83.6 cm³/mol. The number of hydrogen-bond donors (Lipinski definition) is 1. The first kappa shape index (κ1) is 17.4. The number of carbonyl (C=O) groups excluding carboxylic acids is 1. The lowest BCUT2D eigenvalue weighted by Gasteiger charge is -2.19. The Morgan fingerprint density at radius 2 is 1.96 bits per heavy atom. The molecule has 1 aliphatic rings. The molecule has 4 nitrogen and oxygen atoms in total. The molecule has 25 heavy (non-hydrogen) atoms. The summed E-state index contributed by atoms with van der Waals surface area (Å²) in [5, 5.41) is 6.82. The molecule has 1 aliphatic carbocycles. The molecule has 1 amide bonds. The number of aromatic nitrogens is 2. The SMILES string of the molecule is CC(C)n1nccc1NC(=O)C1(c2ccc(C(F)(F)F)cc2F)CC1. The second-order valence-corrected chi connectivity index (χ2v) is 6.48. The maximum Gasteiger partial charge on any atom is 0.416 e. The van der Waals surface area contributed by atoms with Crippen LogP contribution < -0.4 is 5.32 Å². The van der Waals surface area contributed by atoms with Gasteiger partial charge in [-0.1, -0.05) is 6.07 Å². The Bertz CT molecular complexity index is 806. The molecule has 1 fully saturated rings. The van der Waals surface area contributed by atoms with Gasteiger partial charge in [0.25, 0.3) is 0 Å². The van der Waals surface area contributed by atoms with Crippen LogP contribution in [0, 0.1) is 5.82 Å². The van der Waals surface area contributed by atoms with Crippen LogP contribution in [-0.4, -0.2) is 15.7 Å². The van der Waals surface area contributed by atoms with Crippen LogP contribution in [0.15, 0.2) is 30.5 Å². The van der Waals surface area contributed by atoms with E-state index in [4.69, 9.17) is 0 Å². The number of amides is 1. The molecule has 0 atom stereocenters. The van der Waals surface area contributed by atoms with Crippen molar-refractivity contribution in [3.8, 4) is 0 Å². The maximum absolute atomic E-state index is 14.3. The zero-order chi connectivity index (χ0) is 18.4. The average molecular weight is 355 g/mol. The summed E-state index contributed by atoms with van der Waals surface area (Å²) in [6.45, 7) is 3.79. The van der Waals surface area contributed by atoms with Crippen LogP contribution in [-0.2, 0) is 16.4 Å². The van der Waals surface area contributed by atoms with Crippen molar-refractivity contribution >= 4 is 11.7 Å². The fourth-order valence-corrected chi connectivity index (χ4v) is 2.88. The van der Waals surface area contributed by atoms with E-state index >= 15 is 0 Å². The van der Waals surface area contributed by atoms with Crippen molar-refractivity contribution in [1.29, 1.82) is 0 Å². The Morgan fingerprint density at radius 1 is 1.28 bits per heavy atom. The van der Waals surface area contributed by atoms with Crippen molar-refractivity contribution in [2.24, 2.45) is 0 Å². The fourth-order valence-electron chi connectivity index (χ4n) is 2.88. The van der Waals surface area contributed by atoms with Gasteiger partial charge in [0.15, 0.2) is 0 Å². The van der Waals surface area contributed by atoms with E-state index in [0.29, 0.717) is 24.7 Å². The van der Waals surface area contributed by atoms with E-state index in [2.05, 4.69) is 10.4 Å². The molecule has 0 saturated heterocycles. The molecule has 1 heterocycles. The van der Waals surface area contributed by atoms with Crippen LogP contribution in [0.1, 0.15) is 43.9 Å². The number of anilines is 1. The number of carbonyl (C=O) groups is 1. The van der Waals surface area contributed by atoms with Gasteiger partial charge in [0.1, 0.15) is 11.6 Å². The fraction of sp³-hybridized carbons (Fsp3) is 0.412. The number of nitrogens with one attached hydrogen (secondary N) is 1. The third-order valence-electron chi connectivity index (χ3n) is 4.40. The zero-order valence-electron chi connectivity index (χ0n) is 13.7. The second kappa shape index (κ2) is 5.86. The molecule has 0 unspecified atom stereocenters. The Morgan fingerprint density at radius 3 is 2.48 bits per heavy atom. The smallest absolute Gasteiger partial charge is 0.310 e. The van der Waals surface area contributed by atoms with Gasteiger partial charge >= 0.3 is 6.18 Å². The number of halogens is 4. The van der Waals surface area contributed by atoms with Crippen molar-refractivity contribution < 1.29 is 22.4 Å². The van der Waals surface area contributed by atoms with Crippen LogP contribution in [0.2, 0.25) is 0 Å². The van der Waals surface area contributed by atoms with Crippen LogP contribution in [0.5, 0.6) is 0 Å². The van der Waals surface area contributed by atoms with Crippen LogP contribution in [0.25, 0.3) is 0 Å². The normalized spacial score (nSPS) is 16.1. The topological polar surface area (TPSA) is 46.9 Å². The van der Waals surface area contributed by atoms with Gasteiger partial charge in [-0.3, -0.25) is 4.79 Å². The molecular formula is C17H17F4N3O. The Hall–Kier alpha value is -2.38. The van der Waals surface area contributed by atoms with Crippen molar-refractivity contribution in [2.75, 3.05) is 5.32 Å². The lowest BCUT2D eigenvalue weighted by Crippen LogP contribution is -2.30. The molecule has 0 bridgehead atoms. The lowest BCUT2D eigenvalue weighted by atomic mass is 9.93. The summed E-state index contributed by atoms with van der Waals surface area (Å²) in [5.74, 6) is -0.980. The van der Waals surface area contributed by atoms with Gasteiger partial charge in [0, 0.05) is 17.7 Å². The highest BCUT2D eigenvalue weighted by Crippen LogP contribution is 2.50. The van der Waals surface area contributed by atoms with Gasteiger partial charge in [0.05, 0.1) is 17.2 Å². The van der Waals surface area contributed by atoms with Gasteiger partial charge in [-0.05, 0) is 38.8 Å². The average Bonchev–Trinajstić information content (AvgIpc) is 3.19. The first-order chi connectivity index (χ1) is 11.6. The molecule has 1 N–H and O–H groups in total. The molecule has 134 valence electrons. The van der Waals surface area contributed by atoms with Crippen LogP contribution >= 0.6 is 0 Å². The number of hydrogen-bond acceptors (Lipinski definition) is 2. The first-order valence-electron chi connectivity index (χ1n) is 7.87. The minimum absolute atomic E-state index is 0.00591. The Kier molecular flexibility index (Phi) is 4.09. The number of nitrogens with zero attached hydrogens (tertiary/aromatic N) is 2. The van der Waals surface area contributed by atoms with Crippen molar-refractivity contribution in [1.82, 2.24) is 9.78 Å². The maximum atomic E-state index is 14.3. The second-order valence-electron chi connectivity index (χ2n) is 6.48. The third-order valence-corrected chi connectivity index (χ3v) is 4.40. The summed E-state index contributed by atoms with van der Waals surface area (Å²) in [6, 6.07) is 3.95. The van der Waals surface area contributed by atoms with Gasteiger partial charge in [-0.25, -0.2) is 9.07 Å². The summed E-state index contributed by atoms with van der Waals surface area (Å²) in [7, 11) is 0. The van der Waals surface area contributed by atoms with Crippen molar-refractivity contribution in [2.45, 2.75) is 44.3 Å². The molecule has 8 heteroatoms. The molecule has 2 aromatic rings. The summed E-state index contributed by atoms with van der Waals surface area (Å²) in [4.78, 5) is 12.7. The van der Waals surface area contributed by atoms with Crippen LogP contribution in [0.3, 0.4) is 0 Å². The highest BCUT2D eigenvalue weighted by atomic mass is 19.4. The van der Waals surface area contributed by atoms with E-state index in [1.807, 2.05) is 13.8 Å². The van der Waals surface area contributed by atoms with Gasteiger partial charge < -0.3 is 5.32 Å². The molecular weight excluding hydrogens is 338 g/mol. The highest BCUT2D eigenvalue weighted by molar-refractivity contribution is 6.01.